The molecule has 1 aromatic heterocycles. The van der Waals surface area contributed by atoms with E-state index in [1.807, 2.05) is 0 Å². The second-order valence-corrected chi connectivity index (χ2v) is 3.54. The summed E-state index contributed by atoms with van der Waals surface area (Å²) in [7, 11) is 0. The van der Waals surface area contributed by atoms with Crippen LogP contribution >= 0.6 is 11.3 Å². The molecule has 0 aromatic carbocycles. The van der Waals surface area contributed by atoms with E-state index in [4.69, 9.17) is 10.8 Å². The summed E-state index contributed by atoms with van der Waals surface area (Å²) in [5.41, 5.74) is 5.43. The molecule has 0 saturated carbocycles. The number of hydrogen-bond acceptors (Lipinski definition) is 4. The second kappa shape index (κ2) is 4.36. The van der Waals surface area contributed by atoms with E-state index < -0.39 is 12.1 Å². The van der Waals surface area contributed by atoms with Crippen molar-refractivity contribution in [1.29, 1.82) is 0 Å². The molecule has 4 N–H and O–H groups in total. The van der Waals surface area contributed by atoms with Crippen molar-refractivity contribution in [2.45, 2.75) is 12.5 Å². The molecule has 0 bridgehead atoms. The molecule has 1 unspecified atom stereocenters. The van der Waals surface area contributed by atoms with Gasteiger partial charge >= 0.3 is 5.97 Å². The molecule has 0 amide bonds. The first-order valence-electron chi connectivity index (χ1n) is 3.85. The third-order valence-corrected chi connectivity index (χ3v) is 2.69. The molecule has 4 nitrogen and oxygen atoms in total. The van der Waals surface area contributed by atoms with Crippen LogP contribution in [0.5, 0.6) is 0 Å². The summed E-state index contributed by atoms with van der Waals surface area (Å²) in [4.78, 5) is 11.1. The van der Waals surface area contributed by atoms with E-state index in [9.17, 15) is 9.90 Å². The van der Waals surface area contributed by atoms with Crippen molar-refractivity contribution in [3.8, 4) is 0 Å². The zero-order chi connectivity index (χ0) is 9.84. The van der Waals surface area contributed by atoms with Crippen molar-refractivity contribution in [2.75, 3.05) is 6.54 Å². The highest BCUT2D eigenvalue weighted by Gasteiger charge is 2.17. The third-order valence-electron chi connectivity index (χ3n) is 1.67. The normalized spacial score (nSPS) is 12.8. The summed E-state index contributed by atoms with van der Waals surface area (Å²) in [5, 5.41) is 19.9. The molecule has 0 fully saturated rings. The Hall–Kier alpha value is -0.910. The highest BCUT2D eigenvalue weighted by atomic mass is 32.1. The average Bonchev–Trinajstić information content (AvgIpc) is 2.52. The van der Waals surface area contributed by atoms with Gasteiger partial charge in [0.05, 0.1) is 11.7 Å². The van der Waals surface area contributed by atoms with Crippen molar-refractivity contribution < 1.29 is 15.0 Å². The Balaban J connectivity index is 2.86. The van der Waals surface area contributed by atoms with Gasteiger partial charge in [0.2, 0.25) is 0 Å². The number of hydrogen-bond donors (Lipinski definition) is 3. The first-order valence-corrected chi connectivity index (χ1v) is 4.73. The van der Waals surface area contributed by atoms with Gasteiger partial charge in [0.25, 0.3) is 0 Å². The molecule has 0 spiro atoms. The monoisotopic (exact) mass is 201 g/mol. The summed E-state index contributed by atoms with van der Waals surface area (Å²) >= 11 is 1.24. The van der Waals surface area contributed by atoms with Gasteiger partial charge in [-0.2, -0.15) is 0 Å². The van der Waals surface area contributed by atoms with Crippen LogP contribution in [-0.2, 0) is 0 Å². The van der Waals surface area contributed by atoms with Gasteiger partial charge in [-0.3, -0.25) is 0 Å². The van der Waals surface area contributed by atoms with Crippen LogP contribution in [0.25, 0.3) is 0 Å². The Morgan fingerprint density at radius 1 is 1.69 bits per heavy atom. The van der Waals surface area contributed by atoms with E-state index in [-0.39, 0.29) is 5.56 Å². The van der Waals surface area contributed by atoms with Gasteiger partial charge < -0.3 is 15.9 Å². The fourth-order valence-corrected chi connectivity index (χ4v) is 1.95. The fourth-order valence-electron chi connectivity index (χ4n) is 1.04. The predicted molar refractivity (Wildman–Crippen MR) is 49.9 cm³/mol. The zero-order valence-corrected chi connectivity index (χ0v) is 7.75. The SMILES string of the molecule is NCCC(O)c1sccc1C(=O)O. The summed E-state index contributed by atoms with van der Waals surface area (Å²) in [6.45, 7) is 0.345. The molecular formula is C8H11NO3S. The van der Waals surface area contributed by atoms with Crippen molar-refractivity contribution in [1.82, 2.24) is 0 Å². The maximum atomic E-state index is 10.7. The van der Waals surface area contributed by atoms with Gasteiger partial charge in [-0.25, -0.2) is 4.79 Å². The van der Waals surface area contributed by atoms with Crippen molar-refractivity contribution in [3.63, 3.8) is 0 Å². The van der Waals surface area contributed by atoms with Gasteiger partial charge in [-0.15, -0.1) is 11.3 Å². The summed E-state index contributed by atoms with van der Waals surface area (Å²) in [6, 6.07) is 1.49. The van der Waals surface area contributed by atoms with E-state index in [1.165, 1.54) is 17.4 Å². The minimum atomic E-state index is -1.01. The summed E-state index contributed by atoms with van der Waals surface area (Å²) < 4.78 is 0. The second-order valence-electron chi connectivity index (χ2n) is 2.60. The van der Waals surface area contributed by atoms with Crippen LogP contribution < -0.4 is 5.73 Å². The van der Waals surface area contributed by atoms with Crippen LogP contribution in [0.3, 0.4) is 0 Å². The Morgan fingerprint density at radius 3 is 2.92 bits per heavy atom. The van der Waals surface area contributed by atoms with Crippen LogP contribution in [0.2, 0.25) is 0 Å². The Labute approximate surface area is 79.6 Å². The van der Waals surface area contributed by atoms with Crippen LogP contribution in [0, 0.1) is 0 Å². The van der Waals surface area contributed by atoms with E-state index in [0.29, 0.717) is 17.8 Å². The van der Waals surface area contributed by atoms with E-state index in [2.05, 4.69) is 0 Å². The molecule has 1 aromatic rings. The first-order chi connectivity index (χ1) is 6.16. The highest BCUT2D eigenvalue weighted by Crippen LogP contribution is 2.26. The average molecular weight is 201 g/mol. The summed E-state index contributed by atoms with van der Waals surface area (Å²) in [6.07, 6.45) is -0.364. The van der Waals surface area contributed by atoms with Crippen LogP contribution in [0.15, 0.2) is 11.4 Å². The molecule has 0 saturated heterocycles. The lowest BCUT2D eigenvalue weighted by atomic mass is 10.1. The number of aliphatic hydroxyl groups is 1. The molecule has 0 aliphatic rings. The first kappa shape index (κ1) is 10.2. The highest BCUT2D eigenvalue weighted by molar-refractivity contribution is 7.10. The zero-order valence-electron chi connectivity index (χ0n) is 6.93. The van der Waals surface area contributed by atoms with Crippen molar-refractivity contribution >= 4 is 17.3 Å². The van der Waals surface area contributed by atoms with Gasteiger partial charge in [0.1, 0.15) is 0 Å². The quantitative estimate of drug-likeness (QED) is 0.673. The number of nitrogens with two attached hydrogens (primary N) is 1. The molecular weight excluding hydrogens is 190 g/mol. The van der Waals surface area contributed by atoms with E-state index in [1.54, 1.807) is 5.38 Å². The number of rotatable bonds is 4. The largest absolute Gasteiger partial charge is 0.478 e. The number of aliphatic hydroxyl groups excluding tert-OH is 1. The van der Waals surface area contributed by atoms with Gasteiger partial charge in [-0.05, 0) is 24.4 Å². The number of carbonyl (C=O) groups is 1. The minimum absolute atomic E-state index is 0.172. The molecule has 1 rings (SSSR count). The fraction of sp³-hybridized carbons (Fsp3) is 0.375. The standard InChI is InChI=1S/C8H11NO3S/c9-3-1-6(10)7-5(8(11)12)2-4-13-7/h2,4,6,10H,1,3,9H2,(H,11,12). The van der Waals surface area contributed by atoms with E-state index in [0.717, 1.165) is 0 Å². The maximum absolute atomic E-state index is 10.7. The Morgan fingerprint density at radius 2 is 2.38 bits per heavy atom. The van der Waals surface area contributed by atoms with Crippen LogP contribution in [-0.4, -0.2) is 22.7 Å². The van der Waals surface area contributed by atoms with Crippen molar-refractivity contribution in [3.05, 3.63) is 21.9 Å². The molecule has 0 aliphatic heterocycles. The van der Waals surface area contributed by atoms with E-state index >= 15 is 0 Å². The van der Waals surface area contributed by atoms with Gasteiger partial charge in [0, 0.05) is 4.88 Å². The van der Waals surface area contributed by atoms with Crippen molar-refractivity contribution in [2.24, 2.45) is 5.73 Å². The molecule has 13 heavy (non-hydrogen) atoms. The minimum Gasteiger partial charge on any atom is -0.478 e. The lowest BCUT2D eigenvalue weighted by molar-refractivity contribution is 0.0690. The molecule has 0 radical (unpaired) electrons. The maximum Gasteiger partial charge on any atom is 0.336 e. The lowest BCUT2D eigenvalue weighted by Gasteiger charge is -2.07. The number of carboxylic acid groups (broad SMARTS) is 1. The molecule has 5 heteroatoms. The molecule has 1 atom stereocenters. The molecule has 72 valence electrons. The van der Waals surface area contributed by atoms with Crippen LogP contribution in [0.1, 0.15) is 27.8 Å². The van der Waals surface area contributed by atoms with Crippen LogP contribution in [0.4, 0.5) is 0 Å². The lowest BCUT2D eigenvalue weighted by Crippen LogP contribution is -2.08. The third kappa shape index (κ3) is 2.27. The topological polar surface area (TPSA) is 83.5 Å². The molecule has 0 aliphatic carbocycles. The number of carboxylic acids is 1. The Kier molecular flexibility index (Phi) is 3.41. The number of aromatic carboxylic acids is 1. The Bertz CT molecular complexity index is 297. The van der Waals surface area contributed by atoms with Gasteiger partial charge in [0.15, 0.2) is 0 Å². The predicted octanol–water partition coefficient (Wildman–Crippen LogP) is 0.829. The van der Waals surface area contributed by atoms with Gasteiger partial charge in [-0.1, -0.05) is 0 Å². The smallest absolute Gasteiger partial charge is 0.336 e. The molecule has 1 heterocycles. The number of thiophene rings is 1. The summed E-state index contributed by atoms with van der Waals surface area (Å²) in [5.74, 6) is -1.01.